The largest absolute Gasteiger partial charge is 0.357 e. The summed E-state index contributed by atoms with van der Waals surface area (Å²) >= 11 is 12.1. The van der Waals surface area contributed by atoms with Gasteiger partial charge in [0, 0.05) is 30.2 Å². The van der Waals surface area contributed by atoms with Crippen LogP contribution in [0.3, 0.4) is 0 Å². The lowest BCUT2D eigenvalue weighted by molar-refractivity contribution is 0.694. The molecule has 0 atom stereocenters. The monoisotopic (exact) mass is 496 g/mol. The fraction of sp³-hybridized carbons (Fsp3) is 0.438. The number of guanidine groups is 1. The van der Waals surface area contributed by atoms with Crippen molar-refractivity contribution in [3.05, 3.63) is 46.0 Å². The van der Waals surface area contributed by atoms with Gasteiger partial charge in [0.1, 0.15) is 18.7 Å². The predicted molar refractivity (Wildman–Crippen MR) is 114 cm³/mol. The van der Waals surface area contributed by atoms with Crippen molar-refractivity contribution in [3.63, 3.8) is 0 Å². The molecule has 0 radical (unpaired) electrons. The summed E-state index contributed by atoms with van der Waals surface area (Å²) in [6, 6.07) is 5.61. The van der Waals surface area contributed by atoms with Gasteiger partial charge in [-0.25, -0.2) is 9.98 Å². The fourth-order valence-corrected chi connectivity index (χ4v) is 2.67. The minimum atomic E-state index is 0. The molecule has 0 fully saturated rings. The van der Waals surface area contributed by atoms with E-state index in [2.05, 4.69) is 25.7 Å². The van der Waals surface area contributed by atoms with Gasteiger partial charge in [0.25, 0.3) is 0 Å². The van der Waals surface area contributed by atoms with E-state index in [1.807, 2.05) is 26.1 Å². The first-order valence-electron chi connectivity index (χ1n) is 7.89. The summed E-state index contributed by atoms with van der Waals surface area (Å²) in [5, 5.41) is 11.9. The van der Waals surface area contributed by atoms with Crippen LogP contribution in [0.2, 0.25) is 10.0 Å². The highest BCUT2D eigenvalue weighted by molar-refractivity contribution is 14.0. The van der Waals surface area contributed by atoms with E-state index in [-0.39, 0.29) is 24.0 Å². The third-order valence-electron chi connectivity index (χ3n) is 3.46. The van der Waals surface area contributed by atoms with E-state index in [1.54, 1.807) is 10.7 Å². The smallest absolute Gasteiger partial charge is 0.191 e. The molecule has 9 heteroatoms. The number of nitrogens with zero attached hydrogens (tertiary/aromatic N) is 4. The zero-order valence-corrected chi connectivity index (χ0v) is 18.1. The van der Waals surface area contributed by atoms with Gasteiger partial charge in [-0.1, -0.05) is 29.3 Å². The number of hydrogen-bond acceptors (Lipinski definition) is 3. The summed E-state index contributed by atoms with van der Waals surface area (Å²) in [5.41, 5.74) is 1.10. The molecule has 0 unspecified atom stereocenters. The standard InChI is InChI=1S/C16H22Cl2N6.HI/c1-3-19-16(21-10-15-22-11-23-24(15)2)20-8-4-5-12-6-7-13(17)9-14(12)18;/h6-7,9,11H,3-5,8,10H2,1-2H3,(H2,19,20,21);1H. The minimum Gasteiger partial charge on any atom is -0.357 e. The van der Waals surface area contributed by atoms with E-state index in [0.29, 0.717) is 16.6 Å². The van der Waals surface area contributed by atoms with Crippen LogP contribution in [0.4, 0.5) is 0 Å². The van der Waals surface area contributed by atoms with Gasteiger partial charge in [-0.3, -0.25) is 4.68 Å². The Morgan fingerprint density at radius 3 is 2.72 bits per heavy atom. The molecule has 6 nitrogen and oxygen atoms in total. The van der Waals surface area contributed by atoms with Crippen molar-refractivity contribution in [1.82, 2.24) is 25.4 Å². The van der Waals surface area contributed by atoms with Crippen molar-refractivity contribution in [2.45, 2.75) is 26.3 Å². The lowest BCUT2D eigenvalue weighted by Gasteiger charge is -2.11. The van der Waals surface area contributed by atoms with Gasteiger partial charge in [0.05, 0.1) is 0 Å². The van der Waals surface area contributed by atoms with Crippen LogP contribution < -0.4 is 10.6 Å². The number of nitrogens with one attached hydrogen (secondary N) is 2. The van der Waals surface area contributed by atoms with E-state index in [9.17, 15) is 0 Å². The van der Waals surface area contributed by atoms with Crippen LogP contribution in [0.25, 0.3) is 0 Å². The third kappa shape index (κ3) is 7.37. The topological polar surface area (TPSA) is 67.1 Å². The maximum Gasteiger partial charge on any atom is 0.191 e. The average molecular weight is 497 g/mol. The van der Waals surface area contributed by atoms with Gasteiger partial charge in [0.2, 0.25) is 0 Å². The molecule has 0 bridgehead atoms. The molecule has 2 aromatic rings. The molecule has 0 amide bonds. The Morgan fingerprint density at radius 2 is 2.08 bits per heavy atom. The van der Waals surface area contributed by atoms with Gasteiger partial charge in [-0.15, -0.1) is 24.0 Å². The summed E-state index contributed by atoms with van der Waals surface area (Å²) in [5.74, 6) is 1.59. The Kier molecular flexibility index (Phi) is 10.1. The second kappa shape index (κ2) is 11.5. The molecule has 0 aliphatic heterocycles. The molecule has 2 N–H and O–H groups in total. The number of aliphatic imine (C=N–C) groups is 1. The number of hydrogen-bond donors (Lipinski definition) is 2. The second-order valence-electron chi connectivity index (χ2n) is 5.26. The minimum absolute atomic E-state index is 0. The highest BCUT2D eigenvalue weighted by Gasteiger charge is 2.03. The van der Waals surface area contributed by atoms with Gasteiger partial charge in [-0.05, 0) is 37.5 Å². The molecular formula is C16H23Cl2IN6. The summed E-state index contributed by atoms with van der Waals surface area (Å²) in [6.07, 6.45) is 3.35. The molecule has 0 spiro atoms. The van der Waals surface area contributed by atoms with E-state index < -0.39 is 0 Å². The lowest BCUT2D eigenvalue weighted by Crippen LogP contribution is -2.38. The third-order valence-corrected chi connectivity index (χ3v) is 4.05. The Morgan fingerprint density at radius 1 is 1.28 bits per heavy atom. The maximum absolute atomic E-state index is 6.19. The molecular weight excluding hydrogens is 474 g/mol. The molecule has 0 aliphatic rings. The van der Waals surface area contributed by atoms with Gasteiger partial charge < -0.3 is 10.6 Å². The van der Waals surface area contributed by atoms with Crippen LogP contribution in [0.15, 0.2) is 29.5 Å². The van der Waals surface area contributed by atoms with Crippen LogP contribution in [0.1, 0.15) is 24.7 Å². The second-order valence-corrected chi connectivity index (χ2v) is 6.10. The van der Waals surface area contributed by atoms with E-state index >= 15 is 0 Å². The first-order valence-corrected chi connectivity index (χ1v) is 8.64. The van der Waals surface area contributed by atoms with Crippen LogP contribution in [-0.2, 0) is 20.0 Å². The molecule has 25 heavy (non-hydrogen) atoms. The maximum atomic E-state index is 6.19. The molecule has 1 aromatic heterocycles. The highest BCUT2D eigenvalue weighted by atomic mass is 127. The molecule has 138 valence electrons. The van der Waals surface area contributed by atoms with Crippen LogP contribution >= 0.6 is 47.2 Å². The summed E-state index contributed by atoms with van der Waals surface area (Å²) in [7, 11) is 1.86. The van der Waals surface area contributed by atoms with Crippen LogP contribution in [0, 0.1) is 0 Å². The number of halogens is 3. The number of aryl methyl sites for hydroxylation is 2. The predicted octanol–water partition coefficient (Wildman–Crippen LogP) is 3.43. The van der Waals surface area contributed by atoms with Gasteiger partial charge in [0.15, 0.2) is 5.96 Å². The van der Waals surface area contributed by atoms with Crippen LogP contribution in [-0.4, -0.2) is 33.8 Å². The van der Waals surface area contributed by atoms with E-state index in [1.165, 1.54) is 6.33 Å². The molecule has 1 aromatic carbocycles. The lowest BCUT2D eigenvalue weighted by atomic mass is 10.1. The van der Waals surface area contributed by atoms with Gasteiger partial charge >= 0.3 is 0 Å². The van der Waals surface area contributed by atoms with Crippen molar-refractivity contribution in [3.8, 4) is 0 Å². The zero-order chi connectivity index (χ0) is 17.4. The number of rotatable bonds is 7. The van der Waals surface area contributed by atoms with E-state index in [4.69, 9.17) is 23.2 Å². The molecule has 0 saturated carbocycles. The summed E-state index contributed by atoms with van der Waals surface area (Å²) in [4.78, 5) is 8.68. The first-order chi connectivity index (χ1) is 11.6. The summed E-state index contributed by atoms with van der Waals surface area (Å²) in [6.45, 7) is 4.11. The number of benzene rings is 1. The van der Waals surface area contributed by atoms with Crippen molar-refractivity contribution in [2.24, 2.45) is 12.0 Å². The SMILES string of the molecule is CCNC(=NCc1ncnn1C)NCCCc1ccc(Cl)cc1Cl.I. The Bertz CT molecular complexity index is 689. The Hall–Kier alpha value is -1.06. The molecule has 1 heterocycles. The normalized spacial score (nSPS) is 11.1. The van der Waals surface area contributed by atoms with E-state index in [0.717, 1.165) is 43.3 Å². The molecule has 2 rings (SSSR count). The van der Waals surface area contributed by atoms with Gasteiger partial charge in [-0.2, -0.15) is 5.10 Å². The number of aromatic nitrogens is 3. The Labute approximate surface area is 175 Å². The van der Waals surface area contributed by atoms with Crippen LogP contribution in [0.5, 0.6) is 0 Å². The molecule has 0 saturated heterocycles. The van der Waals surface area contributed by atoms with Crippen molar-refractivity contribution >= 4 is 53.1 Å². The average Bonchev–Trinajstić information content (AvgIpc) is 2.96. The van der Waals surface area contributed by atoms with Crippen molar-refractivity contribution in [2.75, 3.05) is 13.1 Å². The fourth-order valence-electron chi connectivity index (χ4n) is 2.16. The Balaban J connectivity index is 0.00000312. The van der Waals surface area contributed by atoms with Crippen molar-refractivity contribution in [1.29, 1.82) is 0 Å². The summed E-state index contributed by atoms with van der Waals surface area (Å²) < 4.78 is 1.72. The molecule has 0 aliphatic carbocycles. The quantitative estimate of drug-likeness (QED) is 0.267. The zero-order valence-electron chi connectivity index (χ0n) is 14.3. The van der Waals surface area contributed by atoms with Crippen molar-refractivity contribution < 1.29 is 0 Å². The highest BCUT2D eigenvalue weighted by Crippen LogP contribution is 2.21. The first kappa shape index (κ1) is 22.0.